The van der Waals surface area contributed by atoms with Gasteiger partial charge in [-0.1, -0.05) is 271 Å². The lowest BCUT2D eigenvalue weighted by atomic mass is 10.0. The Morgan fingerprint density at radius 3 is 0.667 bits per heavy atom. The zero-order valence-electron chi connectivity index (χ0n) is 40.8. The molecule has 0 aromatic heterocycles. The van der Waals surface area contributed by atoms with E-state index in [0.717, 1.165) is 57.8 Å². The van der Waals surface area contributed by atoms with Gasteiger partial charge in [0, 0.05) is 19.3 Å². The topological polar surface area (TPSA) is 78.9 Å². The van der Waals surface area contributed by atoms with Crippen molar-refractivity contribution in [3.8, 4) is 0 Å². The van der Waals surface area contributed by atoms with Crippen molar-refractivity contribution in [2.45, 2.75) is 316 Å². The summed E-state index contributed by atoms with van der Waals surface area (Å²) in [5.41, 5.74) is 0. The zero-order chi connectivity index (χ0) is 43.7. The van der Waals surface area contributed by atoms with E-state index in [4.69, 9.17) is 14.2 Å². The van der Waals surface area contributed by atoms with E-state index in [-0.39, 0.29) is 31.1 Å². The van der Waals surface area contributed by atoms with Gasteiger partial charge in [0.05, 0.1) is 0 Å². The highest BCUT2D eigenvalue weighted by atomic mass is 16.6. The van der Waals surface area contributed by atoms with Gasteiger partial charge in [0.2, 0.25) is 0 Å². The van der Waals surface area contributed by atoms with Crippen LogP contribution in [0.4, 0.5) is 0 Å². The van der Waals surface area contributed by atoms with Crippen LogP contribution in [0.2, 0.25) is 0 Å². The normalized spacial score (nSPS) is 11.8. The van der Waals surface area contributed by atoms with Crippen molar-refractivity contribution in [3.05, 3.63) is 0 Å². The van der Waals surface area contributed by atoms with Crippen LogP contribution in [0, 0.1) is 0 Å². The van der Waals surface area contributed by atoms with Gasteiger partial charge in [-0.15, -0.1) is 0 Å². The summed E-state index contributed by atoms with van der Waals surface area (Å²) in [7, 11) is 0. The Morgan fingerprint density at radius 1 is 0.267 bits per heavy atom. The van der Waals surface area contributed by atoms with E-state index >= 15 is 0 Å². The zero-order valence-corrected chi connectivity index (χ0v) is 40.8. The van der Waals surface area contributed by atoms with Crippen LogP contribution in [0.5, 0.6) is 0 Å². The van der Waals surface area contributed by atoms with E-state index in [1.165, 1.54) is 212 Å². The van der Waals surface area contributed by atoms with E-state index < -0.39 is 6.10 Å². The Morgan fingerprint density at radius 2 is 0.450 bits per heavy atom. The summed E-state index contributed by atoms with van der Waals surface area (Å²) in [4.78, 5) is 37.9. The second kappa shape index (κ2) is 50.1. The lowest BCUT2D eigenvalue weighted by Crippen LogP contribution is -2.30. The molecule has 0 radical (unpaired) electrons. The number of ether oxygens (including phenoxy) is 3. The molecule has 6 heteroatoms. The maximum absolute atomic E-state index is 12.8. The van der Waals surface area contributed by atoms with Crippen molar-refractivity contribution in [2.75, 3.05) is 13.2 Å². The minimum atomic E-state index is -0.759. The first-order chi connectivity index (χ1) is 29.5. The summed E-state index contributed by atoms with van der Waals surface area (Å²) >= 11 is 0. The van der Waals surface area contributed by atoms with E-state index in [2.05, 4.69) is 20.8 Å². The molecule has 0 aliphatic carbocycles. The molecule has 0 saturated carbocycles. The van der Waals surface area contributed by atoms with Crippen molar-refractivity contribution < 1.29 is 28.6 Å². The van der Waals surface area contributed by atoms with Crippen molar-refractivity contribution in [1.29, 1.82) is 0 Å². The predicted molar refractivity (Wildman–Crippen MR) is 257 cm³/mol. The summed E-state index contributed by atoms with van der Waals surface area (Å²) in [6, 6.07) is 0. The fraction of sp³-hybridized carbons (Fsp3) is 0.944. The number of carbonyl (C=O) groups is 3. The Labute approximate surface area is 374 Å². The Kier molecular flexibility index (Phi) is 48.7. The molecule has 60 heavy (non-hydrogen) atoms. The molecule has 1 unspecified atom stereocenters. The summed E-state index contributed by atoms with van der Waals surface area (Å²) in [6.07, 6.45) is 53.8. The molecule has 0 rings (SSSR count). The molecule has 0 aromatic carbocycles. The minimum Gasteiger partial charge on any atom is -0.462 e. The average Bonchev–Trinajstić information content (AvgIpc) is 3.24. The Hall–Kier alpha value is -1.59. The monoisotopic (exact) mass is 849 g/mol. The first-order valence-electron chi connectivity index (χ1n) is 27.0. The Balaban J connectivity index is 4.20. The lowest BCUT2D eigenvalue weighted by molar-refractivity contribution is -0.167. The van der Waals surface area contributed by atoms with Crippen molar-refractivity contribution in [2.24, 2.45) is 0 Å². The van der Waals surface area contributed by atoms with Gasteiger partial charge in [-0.2, -0.15) is 0 Å². The summed E-state index contributed by atoms with van der Waals surface area (Å²) < 4.78 is 16.8. The van der Waals surface area contributed by atoms with Gasteiger partial charge in [0.1, 0.15) is 13.2 Å². The fourth-order valence-corrected chi connectivity index (χ4v) is 8.27. The molecule has 0 bridgehead atoms. The van der Waals surface area contributed by atoms with E-state index in [1.54, 1.807) is 0 Å². The van der Waals surface area contributed by atoms with Crippen LogP contribution in [0.15, 0.2) is 0 Å². The molecule has 0 saturated heterocycles. The number of hydrogen-bond acceptors (Lipinski definition) is 6. The molecule has 0 aromatic rings. The van der Waals surface area contributed by atoms with Gasteiger partial charge in [0.15, 0.2) is 6.10 Å². The van der Waals surface area contributed by atoms with Crippen LogP contribution in [-0.4, -0.2) is 37.2 Å². The highest BCUT2D eigenvalue weighted by Crippen LogP contribution is 2.17. The number of unbranched alkanes of at least 4 members (excludes halogenated alkanes) is 39. The molecule has 0 fully saturated rings. The van der Waals surface area contributed by atoms with Gasteiger partial charge < -0.3 is 14.2 Å². The second-order valence-corrected chi connectivity index (χ2v) is 18.5. The number of hydrogen-bond donors (Lipinski definition) is 0. The van der Waals surface area contributed by atoms with Gasteiger partial charge in [-0.3, -0.25) is 14.4 Å². The molecule has 0 aliphatic heterocycles. The molecule has 356 valence electrons. The molecule has 0 aliphatic rings. The number of esters is 3. The van der Waals surface area contributed by atoms with E-state index in [9.17, 15) is 14.4 Å². The molecule has 1 atom stereocenters. The van der Waals surface area contributed by atoms with Crippen molar-refractivity contribution in [1.82, 2.24) is 0 Å². The van der Waals surface area contributed by atoms with Crippen LogP contribution in [0.3, 0.4) is 0 Å². The molecule has 6 nitrogen and oxygen atoms in total. The quantitative estimate of drug-likeness (QED) is 0.0345. The largest absolute Gasteiger partial charge is 0.462 e. The fourth-order valence-electron chi connectivity index (χ4n) is 8.27. The molecule has 0 N–H and O–H groups in total. The van der Waals surface area contributed by atoms with Gasteiger partial charge in [0.25, 0.3) is 0 Å². The highest BCUT2D eigenvalue weighted by Gasteiger charge is 2.19. The molecule has 0 spiro atoms. The third-order valence-corrected chi connectivity index (χ3v) is 12.4. The standard InChI is InChI=1S/C54H104O6/c1-4-7-10-13-16-19-21-23-25-27-28-30-31-33-35-38-41-44-47-53(56)59-50-51(49-58-52(55)46-43-40-37-18-15-12-9-6-3)60-54(57)48-45-42-39-36-34-32-29-26-24-22-20-17-14-11-8-5-2/h51H,4-50H2,1-3H3. The third kappa shape index (κ3) is 47.5. The second-order valence-electron chi connectivity index (χ2n) is 18.5. The lowest BCUT2D eigenvalue weighted by Gasteiger charge is -2.18. The average molecular weight is 849 g/mol. The van der Waals surface area contributed by atoms with Crippen molar-refractivity contribution >= 4 is 17.9 Å². The van der Waals surface area contributed by atoms with E-state index in [1.807, 2.05) is 0 Å². The molecular weight excluding hydrogens is 745 g/mol. The molecule has 0 heterocycles. The van der Waals surface area contributed by atoms with Gasteiger partial charge in [-0.05, 0) is 19.3 Å². The third-order valence-electron chi connectivity index (χ3n) is 12.4. The SMILES string of the molecule is CCCCCCCCCCCCCCCCCCCCC(=O)OCC(COC(=O)CCCCCCCCCC)OC(=O)CCCCCCCCCCCCCCCCCC. The summed E-state index contributed by atoms with van der Waals surface area (Å²) in [6.45, 7) is 6.66. The van der Waals surface area contributed by atoms with Crippen LogP contribution >= 0.6 is 0 Å². The van der Waals surface area contributed by atoms with Crippen LogP contribution in [-0.2, 0) is 28.6 Å². The summed E-state index contributed by atoms with van der Waals surface area (Å²) in [5, 5.41) is 0. The first-order valence-corrected chi connectivity index (χ1v) is 27.0. The van der Waals surface area contributed by atoms with Crippen LogP contribution < -0.4 is 0 Å². The maximum Gasteiger partial charge on any atom is 0.306 e. The van der Waals surface area contributed by atoms with Crippen LogP contribution in [0.1, 0.15) is 310 Å². The maximum atomic E-state index is 12.8. The molecular formula is C54H104O6. The first kappa shape index (κ1) is 58.4. The van der Waals surface area contributed by atoms with Crippen molar-refractivity contribution in [3.63, 3.8) is 0 Å². The van der Waals surface area contributed by atoms with E-state index in [0.29, 0.717) is 19.3 Å². The predicted octanol–water partition coefficient (Wildman–Crippen LogP) is 17.6. The number of rotatable bonds is 50. The summed E-state index contributed by atoms with van der Waals surface area (Å²) in [5.74, 6) is -0.843. The number of carbonyl (C=O) groups excluding carboxylic acids is 3. The smallest absolute Gasteiger partial charge is 0.306 e. The minimum absolute atomic E-state index is 0.0619. The van der Waals surface area contributed by atoms with Gasteiger partial charge in [-0.25, -0.2) is 0 Å². The Bertz CT molecular complexity index is 889. The molecule has 0 amide bonds. The van der Waals surface area contributed by atoms with Gasteiger partial charge >= 0.3 is 17.9 Å². The highest BCUT2D eigenvalue weighted by molar-refractivity contribution is 5.71. The van der Waals surface area contributed by atoms with Crippen LogP contribution in [0.25, 0.3) is 0 Å².